The lowest BCUT2D eigenvalue weighted by molar-refractivity contribution is 0.0904. The third-order valence-corrected chi connectivity index (χ3v) is 3.73. The number of thiocarbonyl (C=S) groups is 1. The Balaban J connectivity index is 2.00. The number of aryl methyl sites for hydroxylation is 1. The molecule has 1 fully saturated rings. The van der Waals surface area contributed by atoms with Crippen LogP contribution in [0.1, 0.15) is 42.5 Å². The van der Waals surface area contributed by atoms with Gasteiger partial charge in [0.05, 0.1) is 4.99 Å². The number of hydrogen-bond donors (Lipinski definition) is 2. The van der Waals surface area contributed by atoms with Crippen molar-refractivity contribution in [3.8, 4) is 0 Å². The van der Waals surface area contributed by atoms with Gasteiger partial charge in [0.15, 0.2) is 5.76 Å². The molecule has 18 heavy (non-hydrogen) atoms. The van der Waals surface area contributed by atoms with E-state index in [0.717, 1.165) is 31.4 Å². The van der Waals surface area contributed by atoms with E-state index in [1.54, 1.807) is 6.07 Å². The highest BCUT2D eigenvalue weighted by Gasteiger charge is 2.31. The lowest BCUT2D eigenvalue weighted by Crippen LogP contribution is -2.41. The largest absolute Gasteiger partial charge is 0.456 e. The van der Waals surface area contributed by atoms with Crippen molar-refractivity contribution in [2.45, 2.75) is 38.6 Å². The van der Waals surface area contributed by atoms with Crippen molar-refractivity contribution in [3.05, 3.63) is 23.7 Å². The first kappa shape index (κ1) is 13.1. The molecule has 5 heteroatoms. The van der Waals surface area contributed by atoms with E-state index in [9.17, 15) is 4.79 Å². The molecule has 2 rings (SSSR count). The molecule has 1 aliphatic rings. The summed E-state index contributed by atoms with van der Waals surface area (Å²) in [5, 5.41) is 2.96. The lowest BCUT2D eigenvalue weighted by atomic mass is 10.0. The van der Waals surface area contributed by atoms with Crippen molar-refractivity contribution < 1.29 is 9.21 Å². The number of carbonyl (C=O) groups excluding carboxylic acids is 1. The molecule has 1 aromatic heterocycles. The third kappa shape index (κ3) is 2.72. The van der Waals surface area contributed by atoms with Gasteiger partial charge < -0.3 is 15.5 Å². The lowest BCUT2D eigenvalue weighted by Gasteiger charge is -2.19. The SMILES string of the molecule is CCc1ccc(C(=O)NC2CCCC2C(N)=S)o1. The maximum absolute atomic E-state index is 12.0. The third-order valence-electron chi connectivity index (χ3n) is 3.43. The van der Waals surface area contributed by atoms with Crippen LogP contribution >= 0.6 is 12.2 Å². The van der Waals surface area contributed by atoms with E-state index in [1.165, 1.54) is 0 Å². The van der Waals surface area contributed by atoms with E-state index < -0.39 is 0 Å². The second-order valence-corrected chi connectivity index (χ2v) is 5.11. The molecule has 0 aliphatic heterocycles. The number of nitrogens with one attached hydrogen (secondary N) is 1. The van der Waals surface area contributed by atoms with Gasteiger partial charge in [0.25, 0.3) is 5.91 Å². The minimum Gasteiger partial charge on any atom is -0.456 e. The van der Waals surface area contributed by atoms with Crippen LogP contribution in [-0.4, -0.2) is 16.9 Å². The summed E-state index contributed by atoms with van der Waals surface area (Å²) >= 11 is 5.03. The van der Waals surface area contributed by atoms with Gasteiger partial charge in [0, 0.05) is 18.4 Å². The second kappa shape index (κ2) is 5.52. The summed E-state index contributed by atoms with van der Waals surface area (Å²) in [6.45, 7) is 1.99. The number of nitrogens with two attached hydrogens (primary N) is 1. The monoisotopic (exact) mass is 266 g/mol. The first-order chi connectivity index (χ1) is 8.61. The van der Waals surface area contributed by atoms with Crippen molar-refractivity contribution in [3.63, 3.8) is 0 Å². The number of rotatable bonds is 4. The van der Waals surface area contributed by atoms with E-state index in [1.807, 2.05) is 13.0 Å². The molecular formula is C13H18N2O2S. The summed E-state index contributed by atoms with van der Waals surface area (Å²) in [5.41, 5.74) is 5.68. The van der Waals surface area contributed by atoms with Crippen LogP contribution < -0.4 is 11.1 Å². The summed E-state index contributed by atoms with van der Waals surface area (Å²) in [6, 6.07) is 3.58. The van der Waals surface area contributed by atoms with Gasteiger partial charge in [0.2, 0.25) is 0 Å². The van der Waals surface area contributed by atoms with Crippen LogP contribution in [0, 0.1) is 5.92 Å². The Labute approximate surface area is 112 Å². The standard InChI is InChI=1S/C13H18N2O2S/c1-2-8-6-7-11(17-8)13(16)15-10-5-3-4-9(10)12(14)18/h6-7,9-10H,2-5H2,1H3,(H2,14,18)(H,15,16). The van der Waals surface area contributed by atoms with Crippen LogP contribution in [0.4, 0.5) is 0 Å². The molecule has 98 valence electrons. The molecule has 1 amide bonds. The fourth-order valence-corrected chi connectivity index (χ4v) is 2.68. The van der Waals surface area contributed by atoms with E-state index in [2.05, 4.69) is 5.32 Å². The zero-order chi connectivity index (χ0) is 13.1. The number of amides is 1. The first-order valence-electron chi connectivity index (χ1n) is 6.30. The fourth-order valence-electron chi connectivity index (χ4n) is 2.40. The van der Waals surface area contributed by atoms with Crippen LogP contribution in [0.25, 0.3) is 0 Å². The van der Waals surface area contributed by atoms with Crippen molar-refractivity contribution in [2.24, 2.45) is 11.7 Å². The molecule has 1 aliphatic carbocycles. The second-order valence-electron chi connectivity index (χ2n) is 4.64. The smallest absolute Gasteiger partial charge is 0.287 e. The molecule has 0 spiro atoms. The molecule has 0 radical (unpaired) electrons. The normalized spacial score (nSPS) is 22.9. The van der Waals surface area contributed by atoms with Crippen LogP contribution in [0.2, 0.25) is 0 Å². The van der Waals surface area contributed by atoms with Gasteiger partial charge in [-0.3, -0.25) is 4.79 Å². The molecule has 2 unspecified atom stereocenters. The Morgan fingerprint density at radius 2 is 2.33 bits per heavy atom. The molecule has 2 atom stereocenters. The van der Waals surface area contributed by atoms with Crippen LogP contribution in [0.15, 0.2) is 16.5 Å². The number of hydrogen-bond acceptors (Lipinski definition) is 3. The minimum absolute atomic E-state index is 0.0465. The predicted octanol–water partition coefficient (Wildman–Crippen LogP) is 2.03. The number of carbonyl (C=O) groups is 1. The highest BCUT2D eigenvalue weighted by atomic mass is 32.1. The number of furan rings is 1. The van der Waals surface area contributed by atoms with Crippen LogP contribution in [0.5, 0.6) is 0 Å². The van der Waals surface area contributed by atoms with Crippen molar-refractivity contribution in [1.82, 2.24) is 5.32 Å². The predicted molar refractivity (Wildman–Crippen MR) is 73.5 cm³/mol. The van der Waals surface area contributed by atoms with Crippen molar-refractivity contribution in [1.29, 1.82) is 0 Å². The zero-order valence-electron chi connectivity index (χ0n) is 10.4. The summed E-state index contributed by atoms with van der Waals surface area (Å²) < 4.78 is 5.42. The van der Waals surface area contributed by atoms with E-state index >= 15 is 0 Å². The highest BCUT2D eigenvalue weighted by molar-refractivity contribution is 7.80. The molecule has 1 saturated carbocycles. The van der Waals surface area contributed by atoms with Gasteiger partial charge in [-0.05, 0) is 25.0 Å². The Hall–Kier alpha value is -1.36. The molecular weight excluding hydrogens is 248 g/mol. The highest BCUT2D eigenvalue weighted by Crippen LogP contribution is 2.26. The molecule has 3 N–H and O–H groups in total. The quantitative estimate of drug-likeness (QED) is 0.818. The van der Waals surface area contributed by atoms with Gasteiger partial charge >= 0.3 is 0 Å². The molecule has 0 bridgehead atoms. The topological polar surface area (TPSA) is 68.3 Å². The Bertz CT molecular complexity index is 456. The molecule has 4 nitrogen and oxygen atoms in total. The van der Waals surface area contributed by atoms with E-state index in [-0.39, 0.29) is 17.9 Å². The summed E-state index contributed by atoms with van der Waals surface area (Å²) in [6.07, 6.45) is 3.71. The average Bonchev–Trinajstić information content (AvgIpc) is 2.96. The summed E-state index contributed by atoms with van der Waals surface area (Å²) in [7, 11) is 0. The summed E-state index contributed by atoms with van der Waals surface area (Å²) in [5.74, 6) is 1.12. The fraction of sp³-hybridized carbons (Fsp3) is 0.538. The van der Waals surface area contributed by atoms with Gasteiger partial charge in [-0.2, -0.15) is 0 Å². The minimum atomic E-state index is -0.178. The van der Waals surface area contributed by atoms with Gasteiger partial charge in [0.1, 0.15) is 5.76 Å². The van der Waals surface area contributed by atoms with Crippen LogP contribution in [0.3, 0.4) is 0 Å². The maximum atomic E-state index is 12.0. The Kier molecular flexibility index (Phi) is 4.01. The van der Waals surface area contributed by atoms with Gasteiger partial charge in [-0.25, -0.2) is 0 Å². The van der Waals surface area contributed by atoms with Crippen molar-refractivity contribution in [2.75, 3.05) is 0 Å². The summed E-state index contributed by atoms with van der Waals surface area (Å²) in [4.78, 5) is 12.5. The van der Waals surface area contributed by atoms with Gasteiger partial charge in [-0.15, -0.1) is 0 Å². The Morgan fingerprint density at radius 1 is 1.56 bits per heavy atom. The van der Waals surface area contributed by atoms with Gasteiger partial charge in [-0.1, -0.05) is 25.6 Å². The molecule has 0 saturated heterocycles. The first-order valence-corrected chi connectivity index (χ1v) is 6.71. The van der Waals surface area contributed by atoms with E-state index in [4.69, 9.17) is 22.4 Å². The average molecular weight is 266 g/mol. The van der Waals surface area contributed by atoms with Crippen LogP contribution in [-0.2, 0) is 6.42 Å². The molecule has 0 aromatic carbocycles. The van der Waals surface area contributed by atoms with E-state index in [0.29, 0.717) is 10.7 Å². The molecule has 1 heterocycles. The van der Waals surface area contributed by atoms with Crippen molar-refractivity contribution >= 4 is 23.1 Å². The Morgan fingerprint density at radius 3 is 2.94 bits per heavy atom. The zero-order valence-corrected chi connectivity index (χ0v) is 11.3. The maximum Gasteiger partial charge on any atom is 0.287 e. The molecule has 1 aromatic rings.